The highest BCUT2D eigenvalue weighted by atomic mass is 15.0. The summed E-state index contributed by atoms with van der Waals surface area (Å²) in [6.45, 7) is 0.680. The minimum atomic E-state index is 0.680. The van der Waals surface area contributed by atoms with Gasteiger partial charge < -0.3 is 5.32 Å². The SMILES string of the molecule is c1cnc(CNc2ccc3c(c2)CCC3)nc1. The van der Waals surface area contributed by atoms with Crippen molar-refractivity contribution in [3.63, 3.8) is 0 Å². The van der Waals surface area contributed by atoms with Crippen molar-refractivity contribution in [1.82, 2.24) is 9.97 Å². The summed E-state index contributed by atoms with van der Waals surface area (Å²) in [6.07, 6.45) is 7.28. The van der Waals surface area contributed by atoms with Gasteiger partial charge in [-0.05, 0) is 48.6 Å². The number of hydrogen-bond donors (Lipinski definition) is 1. The van der Waals surface area contributed by atoms with E-state index < -0.39 is 0 Å². The lowest BCUT2D eigenvalue weighted by atomic mass is 10.1. The molecule has 86 valence electrons. The standard InChI is InChI=1S/C14H15N3/c1-3-11-5-6-13(9-12(11)4-1)17-10-14-15-7-2-8-16-14/h2,5-9,17H,1,3-4,10H2. The fraction of sp³-hybridized carbons (Fsp3) is 0.286. The average Bonchev–Trinajstić information content (AvgIpc) is 2.85. The first-order valence-electron chi connectivity index (χ1n) is 6.03. The Hall–Kier alpha value is -1.90. The molecule has 0 bridgehead atoms. The van der Waals surface area contributed by atoms with Crippen LogP contribution >= 0.6 is 0 Å². The van der Waals surface area contributed by atoms with Crippen LogP contribution in [-0.2, 0) is 19.4 Å². The van der Waals surface area contributed by atoms with Crippen LogP contribution in [0.15, 0.2) is 36.7 Å². The molecule has 0 saturated carbocycles. The van der Waals surface area contributed by atoms with Crippen molar-refractivity contribution in [3.05, 3.63) is 53.6 Å². The first kappa shape index (κ1) is 10.3. The first-order chi connectivity index (χ1) is 8.42. The van der Waals surface area contributed by atoms with E-state index in [1.54, 1.807) is 12.4 Å². The molecule has 0 saturated heterocycles. The smallest absolute Gasteiger partial charge is 0.147 e. The van der Waals surface area contributed by atoms with Gasteiger partial charge in [-0.2, -0.15) is 0 Å². The number of anilines is 1. The highest BCUT2D eigenvalue weighted by molar-refractivity contribution is 5.50. The normalized spacial score (nSPS) is 13.4. The fourth-order valence-electron chi connectivity index (χ4n) is 2.28. The zero-order valence-corrected chi connectivity index (χ0v) is 9.69. The summed E-state index contributed by atoms with van der Waals surface area (Å²) in [5.41, 5.74) is 4.16. The fourth-order valence-corrected chi connectivity index (χ4v) is 2.28. The summed E-state index contributed by atoms with van der Waals surface area (Å²) < 4.78 is 0. The number of benzene rings is 1. The Balaban J connectivity index is 1.70. The van der Waals surface area contributed by atoms with Crippen LogP contribution in [-0.4, -0.2) is 9.97 Å². The summed E-state index contributed by atoms with van der Waals surface area (Å²) in [6, 6.07) is 8.47. The molecule has 1 aromatic carbocycles. The molecule has 3 nitrogen and oxygen atoms in total. The molecule has 0 unspecified atom stereocenters. The Kier molecular flexibility index (Phi) is 2.74. The van der Waals surface area contributed by atoms with E-state index in [9.17, 15) is 0 Å². The van der Waals surface area contributed by atoms with Crippen LogP contribution < -0.4 is 5.32 Å². The van der Waals surface area contributed by atoms with Crippen molar-refractivity contribution in [2.45, 2.75) is 25.8 Å². The van der Waals surface area contributed by atoms with Gasteiger partial charge in [-0.25, -0.2) is 9.97 Å². The van der Waals surface area contributed by atoms with E-state index >= 15 is 0 Å². The second-order valence-corrected chi connectivity index (χ2v) is 4.36. The summed E-state index contributed by atoms with van der Waals surface area (Å²) in [5, 5.41) is 3.37. The second-order valence-electron chi connectivity index (χ2n) is 4.36. The molecular formula is C14H15N3. The lowest BCUT2D eigenvalue weighted by Crippen LogP contribution is -2.03. The Morgan fingerprint density at radius 2 is 1.88 bits per heavy atom. The maximum Gasteiger partial charge on any atom is 0.147 e. The zero-order valence-electron chi connectivity index (χ0n) is 9.69. The monoisotopic (exact) mass is 225 g/mol. The predicted octanol–water partition coefficient (Wildman–Crippen LogP) is 2.58. The molecule has 1 aromatic heterocycles. The van der Waals surface area contributed by atoms with E-state index in [1.807, 2.05) is 6.07 Å². The summed E-state index contributed by atoms with van der Waals surface area (Å²) >= 11 is 0. The lowest BCUT2D eigenvalue weighted by Gasteiger charge is -2.07. The van der Waals surface area contributed by atoms with Gasteiger partial charge in [0, 0.05) is 18.1 Å². The summed E-state index contributed by atoms with van der Waals surface area (Å²) in [7, 11) is 0. The highest BCUT2D eigenvalue weighted by Gasteiger charge is 2.10. The van der Waals surface area contributed by atoms with E-state index in [4.69, 9.17) is 0 Å². The van der Waals surface area contributed by atoms with Gasteiger partial charge in [0.1, 0.15) is 5.82 Å². The number of aryl methyl sites for hydroxylation is 2. The zero-order chi connectivity index (χ0) is 11.5. The quantitative estimate of drug-likeness (QED) is 0.872. The number of aromatic nitrogens is 2. The molecule has 3 heteroatoms. The molecule has 2 aromatic rings. The molecular weight excluding hydrogens is 210 g/mol. The van der Waals surface area contributed by atoms with Crippen LogP contribution in [0.25, 0.3) is 0 Å². The number of fused-ring (bicyclic) bond motifs is 1. The van der Waals surface area contributed by atoms with Crippen LogP contribution in [0.5, 0.6) is 0 Å². The van der Waals surface area contributed by atoms with Crippen LogP contribution in [0.3, 0.4) is 0 Å². The molecule has 3 rings (SSSR count). The van der Waals surface area contributed by atoms with Crippen molar-refractivity contribution in [2.24, 2.45) is 0 Å². The molecule has 0 amide bonds. The van der Waals surface area contributed by atoms with Crippen molar-refractivity contribution in [3.8, 4) is 0 Å². The van der Waals surface area contributed by atoms with Crippen LogP contribution in [0.2, 0.25) is 0 Å². The molecule has 0 atom stereocenters. The molecule has 0 spiro atoms. The van der Waals surface area contributed by atoms with Crippen LogP contribution in [0.1, 0.15) is 23.4 Å². The summed E-state index contributed by atoms with van der Waals surface area (Å²) in [5.74, 6) is 0.827. The van der Waals surface area contributed by atoms with Crippen molar-refractivity contribution in [1.29, 1.82) is 0 Å². The number of nitrogens with zero attached hydrogens (tertiary/aromatic N) is 2. The molecule has 1 N–H and O–H groups in total. The van der Waals surface area contributed by atoms with Crippen molar-refractivity contribution < 1.29 is 0 Å². The number of hydrogen-bond acceptors (Lipinski definition) is 3. The Morgan fingerprint density at radius 1 is 1.06 bits per heavy atom. The predicted molar refractivity (Wildman–Crippen MR) is 67.8 cm³/mol. The van der Waals surface area contributed by atoms with Gasteiger partial charge in [0.2, 0.25) is 0 Å². The van der Waals surface area contributed by atoms with Crippen LogP contribution in [0.4, 0.5) is 5.69 Å². The Morgan fingerprint density at radius 3 is 2.76 bits per heavy atom. The number of nitrogens with one attached hydrogen (secondary N) is 1. The molecule has 0 fully saturated rings. The van der Waals surface area contributed by atoms with Crippen molar-refractivity contribution in [2.75, 3.05) is 5.32 Å². The molecule has 1 aliphatic carbocycles. The maximum atomic E-state index is 4.19. The van der Waals surface area contributed by atoms with Gasteiger partial charge >= 0.3 is 0 Å². The van der Waals surface area contributed by atoms with Gasteiger partial charge in [-0.1, -0.05) is 6.07 Å². The van der Waals surface area contributed by atoms with E-state index in [-0.39, 0.29) is 0 Å². The summed E-state index contributed by atoms with van der Waals surface area (Å²) in [4.78, 5) is 8.39. The Bertz CT molecular complexity index is 508. The lowest BCUT2D eigenvalue weighted by molar-refractivity contribution is 0.911. The molecule has 17 heavy (non-hydrogen) atoms. The second kappa shape index (κ2) is 4.53. The van der Waals surface area contributed by atoms with Crippen molar-refractivity contribution >= 4 is 5.69 Å². The van der Waals surface area contributed by atoms with E-state index in [1.165, 1.54) is 30.4 Å². The maximum absolute atomic E-state index is 4.19. The number of rotatable bonds is 3. The Labute approximate surface area is 101 Å². The van der Waals surface area contributed by atoms with Crippen LogP contribution in [0, 0.1) is 0 Å². The molecule has 0 aliphatic heterocycles. The van der Waals surface area contributed by atoms with Gasteiger partial charge in [0.05, 0.1) is 6.54 Å². The van der Waals surface area contributed by atoms with Gasteiger partial charge in [-0.3, -0.25) is 0 Å². The molecule has 0 radical (unpaired) electrons. The van der Waals surface area contributed by atoms with E-state index in [0.29, 0.717) is 6.54 Å². The first-order valence-corrected chi connectivity index (χ1v) is 6.03. The third kappa shape index (κ3) is 2.28. The average molecular weight is 225 g/mol. The van der Waals surface area contributed by atoms with E-state index in [0.717, 1.165) is 11.5 Å². The van der Waals surface area contributed by atoms with Gasteiger partial charge in [0.15, 0.2) is 0 Å². The third-order valence-electron chi connectivity index (χ3n) is 3.17. The topological polar surface area (TPSA) is 37.8 Å². The van der Waals surface area contributed by atoms with E-state index in [2.05, 4.69) is 33.5 Å². The third-order valence-corrected chi connectivity index (χ3v) is 3.17. The molecule has 1 aliphatic rings. The minimum Gasteiger partial charge on any atom is -0.378 e. The van der Waals surface area contributed by atoms with Gasteiger partial charge in [0.25, 0.3) is 0 Å². The van der Waals surface area contributed by atoms with Gasteiger partial charge in [-0.15, -0.1) is 0 Å². The highest BCUT2D eigenvalue weighted by Crippen LogP contribution is 2.24. The largest absolute Gasteiger partial charge is 0.378 e. The molecule has 1 heterocycles. The minimum absolute atomic E-state index is 0.680.